The van der Waals surface area contributed by atoms with E-state index in [9.17, 15) is 14.4 Å². The van der Waals surface area contributed by atoms with Gasteiger partial charge in [-0.3, -0.25) is 14.5 Å². The second-order valence-electron chi connectivity index (χ2n) is 11.5. The third-order valence-electron chi connectivity index (χ3n) is 7.23. The smallest absolute Gasteiger partial charge is 0.338 e. The van der Waals surface area contributed by atoms with Crippen LogP contribution in [0, 0.1) is 0 Å². The van der Waals surface area contributed by atoms with E-state index in [0.717, 1.165) is 27.6 Å². The van der Waals surface area contributed by atoms with Gasteiger partial charge in [0.15, 0.2) is 0 Å². The van der Waals surface area contributed by atoms with Gasteiger partial charge in [0.1, 0.15) is 5.60 Å². The van der Waals surface area contributed by atoms with Gasteiger partial charge in [0.25, 0.3) is 0 Å². The molecule has 6 heteroatoms. The van der Waals surface area contributed by atoms with Gasteiger partial charge in [0.05, 0.1) is 28.2 Å². The number of hydrogen-bond acceptors (Lipinski definition) is 5. The van der Waals surface area contributed by atoms with Crippen LogP contribution in [0.3, 0.4) is 0 Å². The highest BCUT2D eigenvalue weighted by molar-refractivity contribution is 6.26. The maximum Gasteiger partial charge on any atom is 0.338 e. The number of hydrogen-bond donors (Lipinski definition) is 0. The molecule has 212 valence electrons. The quantitative estimate of drug-likeness (QED) is 0.162. The molecular formula is C37H30N2O4. The van der Waals surface area contributed by atoms with Gasteiger partial charge in [-0.1, -0.05) is 66.7 Å². The van der Waals surface area contributed by atoms with Gasteiger partial charge in [0, 0.05) is 17.9 Å². The van der Waals surface area contributed by atoms with Crippen molar-refractivity contribution in [1.82, 2.24) is 4.98 Å². The Hall–Kier alpha value is -5.36. The number of anilines is 1. The zero-order chi connectivity index (χ0) is 30.3. The molecule has 0 spiro atoms. The summed E-state index contributed by atoms with van der Waals surface area (Å²) in [5.74, 6) is -0.914. The lowest BCUT2D eigenvalue weighted by Gasteiger charge is -2.20. The number of nitrogens with zero attached hydrogens (tertiary/aromatic N) is 2. The van der Waals surface area contributed by atoms with Crippen LogP contribution in [0.25, 0.3) is 39.2 Å². The van der Waals surface area contributed by atoms with Crippen LogP contribution >= 0.6 is 0 Å². The standard InChI is InChI=1S/C37H30N2O4/c1-23(40)39-33-13-9-8-12-29(33)35(41)34(39)22-28-21-30(26-16-14-25(15-17-26)24-10-6-5-7-11-24)31-20-27(18-19-32(31)38-28)36(42)43-37(2,3)4/h5-22H,1-4H3/b34-22-. The number of fused-ring (bicyclic) bond motifs is 2. The number of Topliss-reactive ketones (excluding diaryl/α,β-unsaturated/α-hetero) is 1. The van der Waals surface area contributed by atoms with Gasteiger partial charge >= 0.3 is 5.97 Å². The Morgan fingerprint density at radius 2 is 1.42 bits per heavy atom. The Kier molecular flexibility index (Phi) is 6.98. The molecule has 1 amide bonds. The van der Waals surface area contributed by atoms with Gasteiger partial charge in [-0.25, -0.2) is 9.78 Å². The first-order chi connectivity index (χ1) is 20.6. The number of esters is 1. The zero-order valence-corrected chi connectivity index (χ0v) is 24.4. The van der Waals surface area contributed by atoms with Crippen LogP contribution in [0.1, 0.15) is 54.1 Å². The van der Waals surface area contributed by atoms with Crippen molar-refractivity contribution in [3.8, 4) is 22.3 Å². The molecule has 0 N–H and O–H groups in total. The Labute approximate surface area is 250 Å². The highest BCUT2D eigenvalue weighted by Crippen LogP contribution is 2.37. The molecule has 0 bridgehead atoms. The van der Waals surface area contributed by atoms with Crippen LogP contribution in [0.2, 0.25) is 0 Å². The average Bonchev–Trinajstić information content (AvgIpc) is 3.27. The maximum absolute atomic E-state index is 13.4. The van der Waals surface area contributed by atoms with Gasteiger partial charge in [0.2, 0.25) is 11.7 Å². The number of pyridine rings is 1. The molecule has 0 unspecified atom stereocenters. The number of carbonyl (C=O) groups is 3. The molecule has 0 saturated heterocycles. The number of para-hydroxylation sites is 1. The first-order valence-electron chi connectivity index (χ1n) is 14.1. The molecular weight excluding hydrogens is 536 g/mol. The first kappa shape index (κ1) is 27.8. The van der Waals surface area contributed by atoms with Crippen molar-refractivity contribution in [1.29, 1.82) is 0 Å². The molecule has 0 radical (unpaired) electrons. The van der Waals surface area contributed by atoms with Crippen molar-refractivity contribution in [2.45, 2.75) is 33.3 Å². The second-order valence-corrected chi connectivity index (χ2v) is 11.5. The van der Waals surface area contributed by atoms with E-state index in [0.29, 0.717) is 28.0 Å². The van der Waals surface area contributed by atoms with Crippen LogP contribution in [0.15, 0.2) is 109 Å². The topological polar surface area (TPSA) is 76.6 Å². The molecule has 1 aromatic heterocycles. The lowest BCUT2D eigenvalue weighted by molar-refractivity contribution is -0.116. The Morgan fingerprint density at radius 1 is 0.767 bits per heavy atom. The molecule has 0 fully saturated rings. The third kappa shape index (κ3) is 5.47. The van der Waals surface area contributed by atoms with Crippen molar-refractivity contribution < 1.29 is 19.1 Å². The highest BCUT2D eigenvalue weighted by atomic mass is 16.6. The van der Waals surface area contributed by atoms with Crippen LogP contribution in [-0.4, -0.2) is 28.2 Å². The fourth-order valence-electron chi connectivity index (χ4n) is 5.34. The van der Waals surface area contributed by atoms with Gasteiger partial charge in [-0.2, -0.15) is 0 Å². The number of aromatic nitrogens is 1. The molecule has 6 nitrogen and oxygen atoms in total. The Morgan fingerprint density at radius 3 is 2.12 bits per heavy atom. The third-order valence-corrected chi connectivity index (χ3v) is 7.23. The number of allylic oxidation sites excluding steroid dienone is 1. The zero-order valence-electron chi connectivity index (χ0n) is 24.4. The summed E-state index contributed by atoms with van der Waals surface area (Å²) < 4.78 is 5.63. The minimum absolute atomic E-state index is 0.235. The molecule has 5 aromatic rings. The predicted octanol–water partition coefficient (Wildman–Crippen LogP) is 8.11. The maximum atomic E-state index is 13.4. The van der Waals surface area contributed by atoms with E-state index in [1.165, 1.54) is 11.8 Å². The van der Waals surface area contributed by atoms with Crippen LogP contribution in [-0.2, 0) is 9.53 Å². The SMILES string of the molecule is CC(=O)N1/C(=C\c2cc(-c3ccc(-c4ccccc4)cc3)c3cc(C(=O)OC(C)(C)C)ccc3n2)C(=O)c2ccccc21. The number of benzene rings is 4. The molecule has 1 aliphatic heterocycles. The summed E-state index contributed by atoms with van der Waals surface area (Å²) >= 11 is 0. The fourth-order valence-corrected chi connectivity index (χ4v) is 5.34. The van der Waals surface area contributed by atoms with Crippen LogP contribution in [0.4, 0.5) is 5.69 Å². The average molecular weight is 567 g/mol. The van der Waals surface area contributed by atoms with E-state index in [2.05, 4.69) is 24.3 Å². The number of ether oxygens (including phenoxy) is 1. The van der Waals surface area contributed by atoms with E-state index < -0.39 is 11.6 Å². The van der Waals surface area contributed by atoms with Gasteiger partial charge in [-0.05, 0) is 85.5 Å². The number of rotatable bonds is 4. The minimum Gasteiger partial charge on any atom is -0.456 e. The molecule has 2 heterocycles. The van der Waals surface area contributed by atoms with Crippen LogP contribution in [0.5, 0.6) is 0 Å². The molecule has 4 aromatic carbocycles. The first-order valence-corrected chi connectivity index (χ1v) is 14.1. The number of carbonyl (C=O) groups excluding carboxylic acids is 3. The molecule has 1 aliphatic rings. The summed E-state index contributed by atoms with van der Waals surface area (Å²) in [5, 5.41) is 0.766. The van der Waals surface area contributed by atoms with E-state index >= 15 is 0 Å². The Balaban J connectivity index is 1.51. The van der Waals surface area contributed by atoms with Crippen molar-refractivity contribution in [3.05, 3.63) is 126 Å². The van der Waals surface area contributed by atoms with Crippen molar-refractivity contribution in [2.24, 2.45) is 0 Å². The van der Waals surface area contributed by atoms with E-state index in [1.54, 1.807) is 48.5 Å². The fraction of sp³-hybridized carbons (Fsp3) is 0.135. The highest BCUT2D eigenvalue weighted by Gasteiger charge is 2.34. The lowest BCUT2D eigenvalue weighted by atomic mass is 9.96. The summed E-state index contributed by atoms with van der Waals surface area (Å²) in [7, 11) is 0. The minimum atomic E-state index is -0.635. The summed E-state index contributed by atoms with van der Waals surface area (Å²) in [6.45, 7) is 6.94. The molecule has 6 rings (SSSR count). The summed E-state index contributed by atoms with van der Waals surface area (Å²) in [5.41, 5.74) is 6.15. The monoisotopic (exact) mass is 566 g/mol. The molecule has 0 saturated carbocycles. The van der Waals surface area contributed by atoms with E-state index in [-0.39, 0.29) is 17.4 Å². The van der Waals surface area contributed by atoms with E-state index in [4.69, 9.17) is 9.72 Å². The van der Waals surface area contributed by atoms with Crippen molar-refractivity contribution in [2.75, 3.05) is 4.90 Å². The largest absolute Gasteiger partial charge is 0.456 e. The van der Waals surface area contributed by atoms with Gasteiger partial charge in [-0.15, -0.1) is 0 Å². The summed E-state index contributed by atoms with van der Waals surface area (Å²) in [4.78, 5) is 45.3. The summed E-state index contributed by atoms with van der Waals surface area (Å²) in [6.07, 6.45) is 1.66. The predicted molar refractivity (Wildman–Crippen MR) is 170 cm³/mol. The molecule has 0 aliphatic carbocycles. The number of ketones is 1. The van der Waals surface area contributed by atoms with Crippen LogP contribution < -0.4 is 4.90 Å². The number of amides is 1. The normalized spacial score (nSPS) is 13.8. The molecule has 0 atom stereocenters. The lowest BCUT2D eigenvalue weighted by Crippen LogP contribution is -2.25. The Bertz CT molecular complexity index is 1930. The van der Waals surface area contributed by atoms with E-state index in [1.807, 2.05) is 57.2 Å². The summed E-state index contributed by atoms with van der Waals surface area (Å²) in [6, 6.07) is 32.5. The second kappa shape index (κ2) is 10.8. The van der Waals surface area contributed by atoms with Gasteiger partial charge < -0.3 is 4.74 Å². The molecule has 43 heavy (non-hydrogen) atoms. The van der Waals surface area contributed by atoms with Crippen molar-refractivity contribution >= 4 is 40.3 Å². The van der Waals surface area contributed by atoms with Crippen molar-refractivity contribution in [3.63, 3.8) is 0 Å².